The minimum atomic E-state index is -0.584. The highest BCUT2D eigenvalue weighted by Crippen LogP contribution is 2.22. The number of hydrogen-bond donors (Lipinski definition) is 1. The Morgan fingerprint density at radius 2 is 1.56 bits per heavy atom. The fourth-order valence-electron chi connectivity index (χ4n) is 2.44. The maximum atomic E-state index is 13.0. The Kier molecular flexibility index (Phi) is 5.68. The van der Waals surface area contributed by atoms with Crippen LogP contribution < -0.4 is 5.43 Å². The van der Waals surface area contributed by atoms with Gasteiger partial charge in [-0.1, -0.05) is 24.3 Å². The number of rotatable bonds is 2. The van der Waals surface area contributed by atoms with Gasteiger partial charge in [-0.05, 0) is 79.9 Å². The van der Waals surface area contributed by atoms with Crippen LogP contribution in [-0.2, 0) is 0 Å². The lowest BCUT2D eigenvalue weighted by Gasteiger charge is -2.35. The normalized spacial score (nSPS) is 11.1. The van der Waals surface area contributed by atoms with Crippen LogP contribution >= 0.6 is 15.9 Å². The van der Waals surface area contributed by atoms with Gasteiger partial charge in [0.05, 0.1) is 11.1 Å². The Morgan fingerprint density at radius 1 is 0.960 bits per heavy atom. The molecule has 0 aliphatic rings. The van der Waals surface area contributed by atoms with Crippen molar-refractivity contribution in [2.45, 2.75) is 40.2 Å². The average Bonchev–Trinajstić information content (AvgIpc) is 2.53. The van der Waals surface area contributed by atoms with Crippen molar-refractivity contribution in [3.63, 3.8) is 0 Å². The number of halogens is 1. The first-order valence-electron chi connectivity index (χ1n) is 8.09. The van der Waals surface area contributed by atoms with Gasteiger partial charge in [0.2, 0.25) is 0 Å². The molecule has 0 heterocycles. The summed E-state index contributed by atoms with van der Waals surface area (Å²) in [5.41, 5.74) is 5.21. The molecular weight excluding hydrogens is 380 g/mol. The monoisotopic (exact) mass is 402 g/mol. The number of nitrogens with one attached hydrogen (secondary N) is 1. The van der Waals surface area contributed by atoms with E-state index >= 15 is 0 Å². The second kappa shape index (κ2) is 7.40. The quantitative estimate of drug-likeness (QED) is 0.742. The lowest BCUT2D eigenvalue weighted by atomic mass is 10.0. The van der Waals surface area contributed by atoms with Crippen LogP contribution in [0.4, 0.5) is 0 Å². The summed E-state index contributed by atoms with van der Waals surface area (Å²) in [6.07, 6.45) is 0. The molecule has 0 saturated heterocycles. The molecule has 0 bridgehead atoms. The lowest BCUT2D eigenvalue weighted by Crippen LogP contribution is -2.56. The van der Waals surface area contributed by atoms with E-state index in [-0.39, 0.29) is 11.8 Å². The number of carbonyl (C=O) groups excluding carboxylic acids is 2. The van der Waals surface area contributed by atoms with Crippen LogP contribution in [0.2, 0.25) is 0 Å². The standard InChI is InChI=1S/C20H23BrN2O2/c1-13-9-8-11-15(14(13)2)18(24)22-23(20(3,4)5)19(25)16-10-6-7-12-17(16)21/h6-12H,1-5H3,(H,22,24). The fraction of sp³-hybridized carbons (Fsp3) is 0.300. The van der Waals surface area contributed by atoms with Gasteiger partial charge in [0.15, 0.2) is 0 Å². The van der Waals surface area contributed by atoms with Gasteiger partial charge in [0.1, 0.15) is 0 Å². The zero-order valence-corrected chi connectivity index (χ0v) is 16.8. The van der Waals surface area contributed by atoms with Crippen molar-refractivity contribution >= 4 is 27.7 Å². The minimum absolute atomic E-state index is 0.265. The fourth-order valence-corrected chi connectivity index (χ4v) is 2.89. The van der Waals surface area contributed by atoms with Gasteiger partial charge in [-0.15, -0.1) is 0 Å². The van der Waals surface area contributed by atoms with E-state index in [0.717, 1.165) is 11.1 Å². The topological polar surface area (TPSA) is 49.4 Å². The summed E-state index contributed by atoms with van der Waals surface area (Å²) >= 11 is 3.40. The van der Waals surface area contributed by atoms with Crippen molar-refractivity contribution in [1.29, 1.82) is 0 Å². The molecule has 0 saturated carbocycles. The first kappa shape index (κ1) is 19.2. The van der Waals surface area contributed by atoms with Gasteiger partial charge in [-0.25, -0.2) is 5.01 Å². The van der Waals surface area contributed by atoms with Crippen LogP contribution in [0, 0.1) is 13.8 Å². The largest absolute Gasteiger partial charge is 0.273 e. The summed E-state index contributed by atoms with van der Waals surface area (Å²) in [6, 6.07) is 12.7. The number of benzene rings is 2. The molecule has 2 aromatic rings. The predicted molar refractivity (Wildman–Crippen MR) is 103 cm³/mol. The van der Waals surface area contributed by atoms with Crippen molar-refractivity contribution in [3.05, 3.63) is 69.2 Å². The Morgan fingerprint density at radius 3 is 2.16 bits per heavy atom. The molecular formula is C20H23BrN2O2. The Labute approximate surface area is 157 Å². The molecule has 0 unspecified atom stereocenters. The summed E-state index contributed by atoms with van der Waals surface area (Å²) in [6.45, 7) is 9.50. The lowest BCUT2D eigenvalue weighted by molar-refractivity contribution is 0.0357. The summed E-state index contributed by atoms with van der Waals surface area (Å²) in [7, 11) is 0. The van der Waals surface area contributed by atoms with Crippen molar-refractivity contribution in [2.24, 2.45) is 0 Å². The molecule has 132 valence electrons. The number of carbonyl (C=O) groups is 2. The number of nitrogens with zero attached hydrogens (tertiary/aromatic N) is 1. The Balaban J connectivity index is 2.36. The van der Waals surface area contributed by atoms with E-state index in [1.807, 2.05) is 52.8 Å². The third kappa shape index (κ3) is 4.28. The molecule has 1 N–H and O–H groups in total. The van der Waals surface area contributed by atoms with Crippen LogP contribution in [0.3, 0.4) is 0 Å². The number of aryl methyl sites for hydroxylation is 1. The molecule has 2 rings (SSSR count). The first-order chi connectivity index (χ1) is 11.6. The average molecular weight is 403 g/mol. The van der Waals surface area contributed by atoms with Crippen molar-refractivity contribution in [1.82, 2.24) is 10.4 Å². The van der Waals surface area contributed by atoms with Gasteiger partial charge in [0.25, 0.3) is 11.8 Å². The zero-order valence-electron chi connectivity index (χ0n) is 15.2. The van der Waals surface area contributed by atoms with E-state index in [9.17, 15) is 9.59 Å². The molecule has 2 aromatic carbocycles. The van der Waals surface area contributed by atoms with Crippen LogP contribution in [0.25, 0.3) is 0 Å². The van der Waals surface area contributed by atoms with Crippen LogP contribution in [0.5, 0.6) is 0 Å². The number of amides is 2. The van der Waals surface area contributed by atoms with E-state index < -0.39 is 5.54 Å². The maximum Gasteiger partial charge on any atom is 0.273 e. The van der Waals surface area contributed by atoms with Gasteiger partial charge in [-0.2, -0.15) is 0 Å². The van der Waals surface area contributed by atoms with Crippen molar-refractivity contribution in [2.75, 3.05) is 0 Å². The molecule has 5 heteroatoms. The predicted octanol–water partition coefficient (Wildman–Crippen LogP) is 4.65. The summed E-state index contributed by atoms with van der Waals surface area (Å²) in [5.74, 6) is -0.560. The Bertz CT molecular complexity index is 810. The molecule has 0 fully saturated rings. The maximum absolute atomic E-state index is 13.0. The molecule has 0 aliphatic heterocycles. The molecule has 0 aromatic heterocycles. The second-order valence-corrected chi connectivity index (χ2v) is 7.83. The summed E-state index contributed by atoms with van der Waals surface area (Å²) in [4.78, 5) is 25.8. The van der Waals surface area contributed by atoms with Gasteiger partial charge < -0.3 is 0 Å². The van der Waals surface area contributed by atoms with Gasteiger partial charge >= 0.3 is 0 Å². The van der Waals surface area contributed by atoms with Gasteiger partial charge in [0, 0.05) is 10.0 Å². The van der Waals surface area contributed by atoms with E-state index in [2.05, 4.69) is 21.4 Å². The van der Waals surface area contributed by atoms with Gasteiger partial charge in [-0.3, -0.25) is 15.0 Å². The molecule has 0 aliphatic carbocycles. The van der Waals surface area contributed by atoms with E-state index in [1.165, 1.54) is 5.01 Å². The highest BCUT2D eigenvalue weighted by molar-refractivity contribution is 9.10. The summed E-state index contributed by atoms with van der Waals surface area (Å²) < 4.78 is 0.690. The zero-order chi connectivity index (χ0) is 18.8. The van der Waals surface area contributed by atoms with Crippen molar-refractivity contribution in [3.8, 4) is 0 Å². The number of hydrazine groups is 1. The molecule has 0 spiro atoms. The Hall–Kier alpha value is -2.14. The van der Waals surface area contributed by atoms with Crippen molar-refractivity contribution < 1.29 is 9.59 Å². The van der Waals surface area contributed by atoms with E-state index in [4.69, 9.17) is 0 Å². The van der Waals surface area contributed by atoms with E-state index in [0.29, 0.717) is 15.6 Å². The second-order valence-electron chi connectivity index (χ2n) is 6.98. The first-order valence-corrected chi connectivity index (χ1v) is 8.88. The highest BCUT2D eigenvalue weighted by atomic mass is 79.9. The summed E-state index contributed by atoms with van der Waals surface area (Å²) in [5, 5.41) is 1.39. The van der Waals surface area contributed by atoms with Crippen LogP contribution in [0.15, 0.2) is 46.9 Å². The third-order valence-electron chi connectivity index (χ3n) is 4.04. The van der Waals surface area contributed by atoms with E-state index in [1.54, 1.807) is 24.3 Å². The third-order valence-corrected chi connectivity index (χ3v) is 4.73. The smallest absolute Gasteiger partial charge is 0.267 e. The molecule has 25 heavy (non-hydrogen) atoms. The minimum Gasteiger partial charge on any atom is -0.267 e. The molecule has 2 amide bonds. The molecule has 0 radical (unpaired) electrons. The SMILES string of the molecule is Cc1cccc(C(=O)NN(C(=O)c2ccccc2Br)C(C)(C)C)c1C. The number of hydrogen-bond acceptors (Lipinski definition) is 2. The molecule has 4 nitrogen and oxygen atoms in total. The van der Waals surface area contributed by atoms with Crippen LogP contribution in [-0.4, -0.2) is 22.4 Å². The van der Waals surface area contributed by atoms with Crippen LogP contribution in [0.1, 0.15) is 52.6 Å². The molecule has 0 atom stereocenters. The highest BCUT2D eigenvalue weighted by Gasteiger charge is 2.30.